The Labute approximate surface area is 226 Å². The van der Waals surface area contributed by atoms with Gasteiger partial charge in [0.25, 0.3) is 0 Å². The molecule has 2 aromatic carbocycles. The zero-order valence-electron chi connectivity index (χ0n) is 19.7. The van der Waals surface area contributed by atoms with Crippen LogP contribution in [0.15, 0.2) is 63.5 Å². The first-order chi connectivity index (χ1) is 16.9. The van der Waals surface area contributed by atoms with Gasteiger partial charge in [0, 0.05) is 43.5 Å². The minimum Gasteiger partial charge on any atom is -0.466 e. The summed E-state index contributed by atoms with van der Waals surface area (Å²) >= 11 is 16.1. The van der Waals surface area contributed by atoms with Gasteiger partial charge < -0.3 is 15.8 Å². The van der Waals surface area contributed by atoms with Crippen molar-refractivity contribution in [3.8, 4) is 0 Å². The summed E-state index contributed by atoms with van der Waals surface area (Å²) in [5.74, 6) is -1.65. The van der Waals surface area contributed by atoms with Crippen molar-refractivity contribution in [2.45, 2.75) is 32.1 Å². The van der Waals surface area contributed by atoms with Crippen molar-refractivity contribution in [2.24, 2.45) is 11.1 Å². The number of hydrogen-bond donors (Lipinski definition) is 2. The number of carbonyl (C=O) groups excluding carboxylic acids is 3. The number of benzene rings is 2. The molecule has 7 nitrogen and oxygen atoms in total. The third kappa shape index (κ3) is 3.49. The normalized spacial score (nSPS) is 22.6. The summed E-state index contributed by atoms with van der Waals surface area (Å²) in [6.45, 7) is 3.94. The molecule has 0 fully saturated rings. The highest BCUT2D eigenvalue weighted by molar-refractivity contribution is 9.10. The number of esters is 1. The third-order valence-corrected chi connectivity index (χ3v) is 7.77. The van der Waals surface area contributed by atoms with Gasteiger partial charge in [-0.15, -0.1) is 0 Å². The predicted octanol–water partition coefficient (Wildman–Crippen LogP) is 5.45. The second kappa shape index (κ2) is 8.36. The lowest BCUT2D eigenvalue weighted by Gasteiger charge is -2.47. The highest BCUT2D eigenvalue weighted by atomic mass is 79.9. The summed E-state index contributed by atoms with van der Waals surface area (Å²) in [4.78, 5) is 43.0. The molecule has 1 unspecified atom stereocenters. The van der Waals surface area contributed by atoms with Crippen molar-refractivity contribution in [2.75, 3.05) is 17.3 Å². The van der Waals surface area contributed by atoms with Crippen LogP contribution in [0, 0.1) is 5.41 Å². The number of allylic oxidation sites excluding steroid dienone is 1. The van der Waals surface area contributed by atoms with Crippen LogP contribution in [-0.2, 0) is 24.5 Å². The average Bonchev–Trinajstić information content (AvgIpc) is 3.03. The number of ketones is 1. The molecule has 0 saturated heterocycles. The molecule has 0 saturated carbocycles. The van der Waals surface area contributed by atoms with E-state index in [2.05, 4.69) is 21.2 Å². The zero-order chi connectivity index (χ0) is 26.2. The number of amides is 1. The Bertz CT molecular complexity index is 1430. The van der Waals surface area contributed by atoms with E-state index in [0.717, 1.165) is 0 Å². The van der Waals surface area contributed by atoms with E-state index >= 15 is 0 Å². The van der Waals surface area contributed by atoms with Crippen molar-refractivity contribution in [1.29, 1.82) is 0 Å². The number of halogens is 3. The minimum absolute atomic E-state index is 0.0348. The molecule has 5 rings (SSSR count). The van der Waals surface area contributed by atoms with Gasteiger partial charge in [0.2, 0.25) is 5.91 Å². The first-order valence-electron chi connectivity index (χ1n) is 11.1. The summed E-state index contributed by atoms with van der Waals surface area (Å²) < 4.78 is 5.82. The Morgan fingerprint density at radius 2 is 1.78 bits per heavy atom. The van der Waals surface area contributed by atoms with Crippen molar-refractivity contribution < 1.29 is 19.1 Å². The molecule has 1 spiro atoms. The molecule has 1 aliphatic carbocycles. The second-order valence-corrected chi connectivity index (χ2v) is 11.7. The quantitative estimate of drug-likeness (QED) is 0.451. The molecule has 3 N–H and O–H groups in total. The number of Topliss-reactive ketones (excluding diaryl/α,β-unsaturated/α-hetero) is 1. The minimum atomic E-state index is -1.78. The maximum absolute atomic E-state index is 14.0. The third-order valence-electron chi connectivity index (χ3n) is 6.84. The molecule has 1 atom stereocenters. The number of nitrogens with one attached hydrogen (secondary N) is 1. The van der Waals surface area contributed by atoms with Gasteiger partial charge in [0.1, 0.15) is 16.8 Å². The fraction of sp³-hybridized carbons (Fsp3) is 0.269. The Morgan fingerprint density at radius 3 is 2.42 bits per heavy atom. The topological polar surface area (TPSA) is 102 Å². The number of nitrogens with zero attached hydrogens (tertiary/aromatic N) is 1. The number of carbonyl (C=O) groups is 3. The molecular formula is C26H22BrCl2N3O4. The molecular weight excluding hydrogens is 569 g/mol. The second-order valence-electron chi connectivity index (χ2n) is 9.87. The number of hydrogen-bond acceptors (Lipinski definition) is 6. The maximum atomic E-state index is 14.0. The van der Waals surface area contributed by atoms with E-state index in [-0.39, 0.29) is 29.2 Å². The van der Waals surface area contributed by atoms with Gasteiger partial charge in [-0.3, -0.25) is 14.5 Å². The van der Waals surface area contributed by atoms with E-state index in [1.54, 1.807) is 41.3 Å². The summed E-state index contributed by atoms with van der Waals surface area (Å²) in [6.07, 6.45) is 0.592. The standard InChI is InChI=1S/C26H22BrCl2N3O4/c1-25(2)10-18-20(19(33)11-25)26(16-6-12(27)4-5-17(16)31-24(26)35)21(23(34)36-3)22(30)32(18)15-8-13(28)7-14(29)9-15/h4-9H,10-11,30H2,1-3H3,(H,31,35). The van der Waals surface area contributed by atoms with Crippen LogP contribution in [0.4, 0.5) is 11.4 Å². The number of anilines is 2. The number of nitrogens with two attached hydrogens (primary N) is 1. The predicted molar refractivity (Wildman–Crippen MR) is 142 cm³/mol. The molecule has 0 radical (unpaired) electrons. The van der Waals surface area contributed by atoms with E-state index in [1.165, 1.54) is 7.11 Å². The van der Waals surface area contributed by atoms with Gasteiger partial charge in [0.05, 0.1) is 12.8 Å². The molecule has 0 bridgehead atoms. The van der Waals surface area contributed by atoms with Crippen LogP contribution in [0.5, 0.6) is 0 Å². The lowest BCUT2D eigenvalue weighted by atomic mass is 9.60. The number of fused-ring (bicyclic) bond motifs is 3. The maximum Gasteiger partial charge on any atom is 0.339 e. The van der Waals surface area contributed by atoms with Gasteiger partial charge in [-0.2, -0.15) is 0 Å². The zero-order valence-corrected chi connectivity index (χ0v) is 22.8. The SMILES string of the molecule is COC(=O)C1=C(N)N(c2cc(Cl)cc(Cl)c2)C2=C(C(=O)CC(C)(C)C2)C12C(=O)Nc1ccc(Br)cc12. The Kier molecular flexibility index (Phi) is 5.78. The first kappa shape index (κ1) is 24.9. The molecule has 0 aromatic heterocycles. The molecule has 3 aliphatic rings. The molecule has 2 aromatic rings. The smallest absolute Gasteiger partial charge is 0.339 e. The van der Waals surface area contributed by atoms with Gasteiger partial charge in [0.15, 0.2) is 5.78 Å². The van der Waals surface area contributed by atoms with Crippen LogP contribution in [-0.4, -0.2) is 24.8 Å². The molecule has 36 heavy (non-hydrogen) atoms. The van der Waals surface area contributed by atoms with Crippen LogP contribution in [0.2, 0.25) is 10.0 Å². The van der Waals surface area contributed by atoms with E-state index in [9.17, 15) is 14.4 Å². The molecule has 2 heterocycles. The van der Waals surface area contributed by atoms with Gasteiger partial charge in [-0.05, 0) is 48.2 Å². The molecule has 10 heteroatoms. The van der Waals surface area contributed by atoms with Gasteiger partial charge in [-0.25, -0.2) is 4.79 Å². The first-order valence-corrected chi connectivity index (χ1v) is 12.7. The largest absolute Gasteiger partial charge is 0.466 e. The summed E-state index contributed by atoms with van der Waals surface area (Å²) in [5.41, 5.74) is 6.53. The lowest BCUT2D eigenvalue weighted by molar-refractivity contribution is -0.138. The van der Waals surface area contributed by atoms with Crippen LogP contribution in [0.25, 0.3) is 0 Å². The van der Waals surface area contributed by atoms with Crippen molar-refractivity contribution in [3.63, 3.8) is 0 Å². The van der Waals surface area contributed by atoms with Gasteiger partial charge >= 0.3 is 5.97 Å². The average molecular weight is 591 g/mol. The van der Waals surface area contributed by atoms with Crippen LogP contribution >= 0.6 is 39.1 Å². The Morgan fingerprint density at radius 1 is 1.11 bits per heavy atom. The van der Waals surface area contributed by atoms with Crippen LogP contribution < -0.4 is 16.0 Å². The van der Waals surface area contributed by atoms with Crippen molar-refractivity contribution >= 4 is 68.2 Å². The molecule has 1 amide bonds. The lowest BCUT2D eigenvalue weighted by Crippen LogP contribution is -2.54. The van der Waals surface area contributed by atoms with E-state index in [0.29, 0.717) is 43.6 Å². The van der Waals surface area contributed by atoms with Crippen LogP contribution in [0.1, 0.15) is 32.3 Å². The number of methoxy groups -OCH3 is 1. The highest BCUT2D eigenvalue weighted by Crippen LogP contribution is 2.57. The van der Waals surface area contributed by atoms with Crippen LogP contribution in [0.3, 0.4) is 0 Å². The number of ether oxygens (including phenoxy) is 1. The Hall–Kier alpha value is -2.81. The van der Waals surface area contributed by atoms with E-state index in [4.69, 9.17) is 33.7 Å². The summed E-state index contributed by atoms with van der Waals surface area (Å²) in [5, 5.41) is 3.55. The summed E-state index contributed by atoms with van der Waals surface area (Å²) in [7, 11) is 1.21. The highest BCUT2D eigenvalue weighted by Gasteiger charge is 2.63. The monoisotopic (exact) mass is 589 g/mol. The fourth-order valence-electron chi connectivity index (χ4n) is 5.57. The van der Waals surface area contributed by atoms with E-state index < -0.39 is 22.7 Å². The molecule has 2 aliphatic heterocycles. The summed E-state index contributed by atoms with van der Waals surface area (Å²) in [6, 6.07) is 10.1. The number of rotatable bonds is 2. The van der Waals surface area contributed by atoms with Crippen molar-refractivity contribution in [3.05, 3.63) is 79.1 Å². The fourth-order valence-corrected chi connectivity index (χ4v) is 6.45. The molecule has 186 valence electrons. The van der Waals surface area contributed by atoms with Crippen molar-refractivity contribution in [1.82, 2.24) is 0 Å². The van der Waals surface area contributed by atoms with E-state index in [1.807, 2.05) is 13.8 Å². The Balaban J connectivity index is 1.95. The van der Waals surface area contributed by atoms with Gasteiger partial charge in [-0.1, -0.05) is 53.0 Å².